The molecule has 0 N–H and O–H groups in total. The van der Waals surface area contributed by atoms with E-state index in [1.165, 1.54) is 64.2 Å². The molecule has 0 radical (unpaired) electrons. The molecule has 0 rings (SSSR count). The number of unbranched alkanes of at least 4 members (excludes halogenated alkanes) is 12. The second-order valence-electron chi connectivity index (χ2n) is 7.01. The van der Waals surface area contributed by atoms with Gasteiger partial charge in [0.15, 0.2) is 0 Å². The fourth-order valence-corrected chi connectivity index (χ4v) is 2.68. The average molecular weight is 391 g/mol. The van der Waals surface area contributed by atoms with Crippen molar-refractivity contribution in [1.82, 2.24) is 0 Å². The molecule has 0 aliphatic heterocycles. The van der Waals surface area contributed by atoms with Gasteiger partial charge in [0.05, 0.1) is 13.2 Å². The highest BCUT2D eigenvalue weighted by atomic mass is 16.5. The average Bonchev–Trinajstić information content (AvgIpc) is 2.69. The third-order valence-electron chi connectivity index (χ3n) is 4.35. The molecule has 0 aromatic heterocycles. The molecule has 0 aliphatic rings. The number of ether oxygens (including phenoxy) is 2. The van der Waals surface area contributed by atoms with Gasteiger partial charge in [-0.1, -0.05) is 90.9 Å². The van der Waals surface area contributed by atoms with Crippen LogP contribution >= 0.6 is 0 Å². The highest BCUT2D eigenvalue weighted by Crippen LogP contribution is 2.07. The van der Waals surface area contributed by atoms with Gasteiger partial charge < -0.3 is 9.47 Å². The summed E-state index contributed by atoms with van der Waals surface area (Å²) in [5.41, 5.74) is 0. The number of hydrogen-bond donors (Lipinski definition) is 0. The van der Waals surface area contributed by atoms with Gasteiger partial charge in [0.1, 0.15) is 0 Å². The summed E-state index contributed by atoms with van der Waals surface area (Å²) in [6.45, 7) is 5.17. The predicted octanol–water partition coefficient (Wildman–Crippen LogP) is 5.58. The van der Waals surface area contributed by atoms with Crippen molar-refractivity contribution in [2.24, 2.45) is 0 Å². The van der Waals surface area contributed by atoms with E-state index in [0.29, 0.717) is 13.2 Å². The molecule has 158 valence electrons. The second kappa shape index (κ2) is 21.4. The molecule has 0 spiro atoms. The van der Waals surface area contributed by atoms with Gasteiger partial charge >= 0.3 is 11.9 Å². The molecule has 4 nitrogen and oxygen atoms in total. The third kappa shape index (κ3) is 20.4. The van der Waals surface area contributed by atoms with Crippen LogP contribution in [0.15, 0.2) is 0 Å². The first-order valence-electron chi connectivity index (χ1n) is 11.1. The van der Waals surface area contributed by atoms with E-state index in [1.807, 2.05) is 0 Å². The summed E-state index contributed by atoms with van der Waals surface area (Å²) >= 11 is 0. The summed E-state index contributed by atoms with van der Waals surface area (Å²) in [7, 11) is 0. The highest BCUT2D eigenvalue weighted by molar-refractivity contribution is 5.91. The van der Waals surface area contributed by atoms with Crippen LogP contribution in [0.25, 0.3) is 0 Å². The minimum Gasteiger partial charge on any atom is -0.456 e. The van der Waals surface area contributed by atoms with Crippen LogP contribution in [0.4, 0.5) is 0 Å². The fourth-order valence-electron chi connectivity index (χ4n) is 2.68. The number of carbonyl (C=O) groups is 2. The molecule has 0 amide bonds. The Balaban J connectivity index is 3.62. The Kier molecular flexibility index (Phi) is 19.9. The van der Waals surface area contributed by atoms with Gasteiger partial charge in [0.25, 0.3) is 0 Å². The zero-order valence-corrected chi connectivity index (χ0v) is 17.9. The monoisotopic (exact) mass is 390 g/mol. The molecule has 28 heavy (non-hydrogen) atoms. The predicted molar refractivity (Wildman–Crippen MR) is 113 cm³/mol. The zero-order valence-electron chi connectivity index (χ0n) is 17.9. The number of hydrogen-bond acceptors (Lipinski definition) is 4. The van der Waals surface area contributed by atoms with Crippen molar-refractivity contribution in [3.8, 4) is 23.7 Å². The topological polar surface area (TPSA) is 52.6 Å². The van der Waals surface area contributed by atoms with E-state index in [1.54, 1.807) is 0 Å². The fraction of sp³-hybridized carbons (Fsp3) is 0.750. The number of rotatable bonds is 16. The Morgan fingerprint density at radius 2 is 0.857 bits per heavy atom. The minimum atomic E-state index is -0.600. The highest BCUT2D eigenvalue weighted by Gasteiger charge is 1.98. The summed E-state index contributed by atoms with van der Waals surface area (Å²) in [4.78, 5) is 22.8. The van der Waals surface area contributed by atoms with Crippen molar-refractivity contribution >= 4 is 11.9 Å². The standard InChI is InChI=1S/C24H38O4/c1-3-5-7-9-11-13-17-21-27-23(25)19-15-16-20-24(26)28-22-18-14-12-10-8-6-4-2/h3-14,17-18,21-22H2,1-2H3. The Morgan fingerprint density at radius 3 is 1.21 bits per heavy atom. The van der Waals surface area contributed by atoms with Gasteiger partial charge in [-0.2, -0.15) is 0 Å². The van der Waals surface area contributed by atoms with Crippen LogP contribution in [0.5, 0.6) is 0 Å². The maximum Gasteiger partial charge on any atom is 0.385 e. The summed E-state index contributed by atoms with van der Waals surface area (Å²) in [5.74, 6) is 8.00. The molecule has 0 fully saturated rings. The van der Waals surface area contributed by atoms with Crippen molar-refractivity contribution in [2.45, 2.75) is 104 Å². The van der Waals surface area contributed by atoms with Crippen molar-refractivity contribution < 1.29 is 19.1 Å². The van der Waals surface area contributed by atoms with Crippen LogP contribution in [0.1, 0.15) is 104 Å². The van der Waals surface area contributed by atoms with Gasteiger partial charge in [-0.25, -0.2) is 9.59 Å². The van der Waals surface area contributed by atoms with Crippen molar-refractivity contribution in [1.29, 1.82) is 0 Å². The summed E-state index contributed by atoms with van der Waals surface area (Å²) in [6, 6.07) is 0. The Morgan fingerprint density at radius 1 is 0.536 bits per heavy atom. The lowest BCUT2D eigenvalue weighted by Gasteiger charge is -2.01. The molecule has 0 heterocycles. The molecule has 0 bridgehead atoms. The second-order valence-corrected chi connectivity index (χ2v) is 7.01. The largest absolute Gasteiger partial charge is 0.456 e. The van der Waals surface area contributed by atoms with Crippen molar-refractivity contribution in [3.05, 3.63) is 0 Å². The lowest BCUT2D eigenvalue weighted by Crippen LogP contribution is -2.03. The van der Waals surface area contributed by atoms with E-state index in [-0.39, 0.29) is 0 Å². The van der Waals surface area contributed by atoms with Crippen LogP contribution in [0.2, 0.25) is 0 Å². The molecule has 0 aromatic rings. The molecule has 0 saturated heterocycles. The smallest absolute Gasteiger partial charge is 0.385 e. The van der Waals surface area contributed by atoms with Crippen LogP contribution < -0.4 is 0 Å². The first-order valence-corrected chi connectivity index (χ1v) is 11.1. The molecular weight excluding hydrogens is 352 g/mol. The van der Waals surface area contributed by atoms with Gasteiger partial charge in [-0.3, -0.25) is 0 Å². The van der Waals surface area contributed by atoms with Crippen molar-refractivity contribution in [3.63, 3.8) is 0 Å². The molecular formula is C24H38O4. The van der Waals surface area contributed by atoms with Gasteiger partial charge in [0, 0.05) is 11.8 Å². The Labute approximate surface area is 172 Å². The van der Waals surface area contributed by atoms with Crippen LogP contribution in [0.3, 0.4) is 0 Å². The maximum atomic E-state index is 11.4. The molecule has 0 aromatic carbocycles. The number of esters is 2. The summed E-state index contributed by atoms with van der Waals surface area (Å²) in [5, 5.41) is 0. The summed E-state index contributed by atoms with van der Waals surface area (Å²) in [6.07, 6.45) is 16.3. The first kappa shape index (κ1) is 26.1. The maximum absolute atomic E-state index is 11.4. The first-order chi connectivity index (χ1) is 13.7. The van der Waals surface area contributed by atoms with Crippen LogP contribution in [-0.2, 0) is 19.1 Å². The lowest BCUT2D eigenvalue weighted by molar-refractivity contribution is -0.137. The van der Waals surface area contributed by atoms with Gasteiger partial charge in [0.2, 0.25) is 0 Å². The van der Waals surface area contributed by atoms with E-state index in [0.717, 1.165) is 25.7 Å². The quantitative estimate of drug-likeness (QED) is 0.149. The molecule has 0 unspecified atom stereocenters. The zero-order chi connectivity index (χ0) is 20.7. The molecule has 0 atom stereocenters. The lowest BCUT2D eigenvalue weighted by atomic mass is 10.1. The third-order valence-corrected chi connectivity index (χ3v) is 4.35. The summed E-state index contributed by atoms with van der Waals surface area (Å²) < 4.78 is 10.0. The van der Waals surface area contributed by atoms with E-state index in [2.05, 4.69) is 37.5 Å². The van der Waals surface area contributed by atoms with Crippen molar-refractivity contribution in [2.75, 3.05) is 13.2 Å². The van der Waals surface area contributed by atoms with Gasteiger partial charge in [-0.05, 0) is 24.7 Å². The molecule has 0 saturated carbocycles. The minimum absolute atomic E-state index is 0.384. The van der Waals surface area contributed by atoms with E-state index in [9.17, 15) is 9.59 Å². The Hall–Kier alpha value is -1.94. The molecule has 0 aliphatic carbocycles. The number of carbonyl (C=O) groups excluding carboxylic acids is 2. The Bertz CT molecular complexity index is 468. The van der Waals surface area contributed by atoms with Gasteiger partial charge in [-0.15, -0.1) is 0 Å². The molecule has 4 heteroatoms. The van der Waals surface area contributed by atoms with Crippen LogP contribution in [0, 0.1) is 23.7 Å². The van der Waals surface area contributed by atoms with E-state index in [4.69, 9.17) is 9.47 Å². The van der Waals surface area contributed by atoms with E-state index >= 15 is 0 Å². The normalized spacial score (nSPS) is 9.64. The van der Waals surface area contributed by atoms with Crippen LogP contribution in [-0.4, -0.2) is 25.2 Å². The SMILES string of the molecule is CCCCCCCCCOC(=O)C#CC#CC(=O)OCCCCCCCCC. The van der Waals surface area contributed by atoms with E-state index < -0.39 is 11.9 Å².